The molecule has 39 heavy (non-hydrogen) atoms. The predicted molar refractivity (Wildman–Crippen MR) is 154 cm³/mol. The van der Waals surface area contributed by atoms with Gasteiger partial charge in [-0.2, -0.15) is 5.26 Å². The molecule has 0 radical (unpaired) electrons. The Bertz CT molecular complexity index is 1690. The largest absolute Gasteiger partial charge is 0.373 e. The molecule has 0 unspecified atom stereocenters. The van der Waals surface area contributed by atoms with Crippen molar-refractivity contribution in [1.29, 1.82) is 5.26 Å². The number of rotatable bonds is 7. The maximum atomic E-state index is 10.1. The van der Waals surface area contributed by atoms with Gasteiger partial charge in [-0.3, -0.25) is 20.3 Å². The third-order valence-corrected chi connectivity index (χ3v) is 7.47. The second-order valence-electron chi connectivity index (χ2n) is 10.6. The van der Waals surface area contributed by atoms with E-state index in [1.807, 2.05) is 50.5 Å². The molecule has 1 atom stereocenters. The highest BCUT2D eigenvalue weighted by Gasteiger charge is 2.33. The summed E-state index contributed by atoms with van der Waals surface area (Å²) < 4.78 is 1.10. The molecule has 6 rings (SSSR count). The molecule has 2 aromatic carbocycles. The lowest BCUT2D eigenvalue weighted by atomic mass is 10.0. The van der Waals surface area contributed by atoms with Crippen LogP contribution in [0.3, 0.4) is 0 Å². The number of hydrogen-bond acceptors (Lipinski definition) is 10. The molecule has 0 spiro atoms. The summed E-state index contributed by atoms with van der Waals surface area (Å²) in [4.78, 5) is 14.9. The molecular weight excluding hydrogens is 508 g/mol. The molecule has 3 heterocycles. The van der Waals surface area contributed by atoms with E-state index in [0.717, 1.165) is 40.0 Å². The van der Waals surface area contributed by atoms with Crippen LogP contribution < -0.4 is 21.8 Å². The number of fused-ring (bicyclic) bond motifs is 2. The minimum atomic E-state index is -0.463. The smallest absolute Gasteiger partial charge is 0.102 e. The Morgan fingerprint density at radius 3 is 2.82 bits per heavy atom. The van der Waals surface area contributed by atoms with Gasteiger partial charge in [0.25, 0.3) is 0 Å². The fraction of sp³-hybridized carbons (Fsp3) is 0.276. The Morgan fingerprint density at radius 1 is 1.23 bits per heavy atom. The quantitative estimate of drug-likeness (QED) is 0.184. The van der Waals surface area contributed by atoms with Gasteiger partial charge in [0.2, 0.25) is 0 Å². The van der Waals surface area contributed by atoms with E-state index in [1.165, 1.54) is 0 Å². The lowest BCUT2D eigenvalue weighted by Gasteiger charge is -2.24. The minimum Gasteiger partial charge on any atom is -0.373 e. The molecule has 1 aliphatic carbocycles. The van der Waals surface area contributed by atoms with E-state index in [-0.39, 0.29) is 6.04 Å². The summed E-state index contributed by atoms with van der Waals surface area (Å²) in [6, 6.07) is 12.5. The van der Waals surface area contributed by atoms with Gasteiger partial charge < -0.3 is 10.7 Å². The number of terminal acetylenes is 1. The highest BCUT2D eigenvalue weighted by molar-refractivity contribution is 7.17. The average Bonchev–Trinajstić information content (AvgIpc) is 3.45. The molecule has 9 nitrogen and oxygen atoms in total. The van der Waals surface area contributed by atoms with Crippen LogP contribution in [0.5, 0.6) is 0 Å². The number of nitrogens with zero attached hydrogens (tertiary/aromatic N) is 4. The van der Waals surface area contributed by atoms with E-state index < -0.39 is 5.60 Å². The maximum Gasteiger partial charge on any atom is 0.102 e. The fourth-order valence-electron chi connectivity index (χ4n) is 4.56. The van der Waals surface area contributed by atoms with Crippen molar-refractivity contribution in [2.75, 3.05) is 10.8 Å². The van der Waals surface area contributed by atoms with Gasteiger partial charge in [-0.15, -0.1) is 23.3 Å². The van der Waals surface area contributed by atoms with Crippen molar-refractivity contribution in [3.05, 3.63) is 70.6 Å². The Hall–Kier alpha value is -4.35. The van der Waals surface area contributed by atoms with Gasteiger partial charge in [0.15, 0.2) is 0 Å². The van der Waals surface area contributed by atoms with Crippen LogP contribution in [-0.2, 0) is 4.84 Å². The van der Waals surface area contributed by atoms with Gasteiger partial charge in [-0.05, 0) is 57.4 Å². The average molecular weight is 537 g/mol. The van der Waals surface area contributed by atoms with Crippen LogP contribution in [0.15, 0.2) is 53.9 Å². The van der Waals surface area contributed by atoms with Crippen molar-refractivity contribution in [3.63, 3.8) is 0 Å². The normalized spacial score (nSPS) is 15.9. The summed E-state index contributed by atoms with van der Waals surface area (Å²) in [5.74, 6) is 2.68. The van der Waals surface area contributed by atoms with Gasteiger partial charge in [0, 0.05) is 29.5 Å². The Kier molecular flexibility index (Phi) is 6.24. The summed E-state index contributed by atoms with van der Waals surface area (Å²) in [6.07, 6.45) is 11.8. The van der Waals surface area contributed by atoms with Gasteiger partial charge in [0.1, 0.15) is 6.07 Å². The van der Waals surface area contributed by atoms with Crippen LogP contribution >= 0.6 is 11.3 Å². The van der Waals surface area contributed by atoms with Gasteiger partial charge in [-0.1, -0.05) is 18.1 Å². The maximum absolute atomic E-state index is 10.1. The molecule has 1 aliphatic heterocycles. The van der Waals surface area contributed by atoms with E-state index in [4.69, 9.17) is 11.3 Å². The number of nitrogens with one attached hydrogen (secondary N) is 4. The number of nitriles is 1. The summed E-state index contributed by atoms with van der Waals surface area (Å²) in [5, 5.41) is 16.6. The lowest BCUT2D eigenvalue weighted by Crippen LogP contribution is -2.38. The molecule has 1 fully saturated rings. The van der Waals surface area contributed by atoms with E-state index in [1.54, 1.807) is 17.5 Å². The highest BCUT2D eigenvalue weighted by Crippen LogP contribution is 2.38. The van der Waals surface area contributed by atoms with Crippen LogP contribution in [0, 0.1) is 23.7 Å². The molecule has 2 aromatic heterocycles. The molecule has 4 aromatic rings. The molecule has 0 amide bonds. The second-order valence-corrected chi connectivity index (χ2v) is 11.5. The number of pyridine rings is 1. The first-order chi connectivity index (χ1) is 18.8. The van der Waals surface area contributed by atoms with Crippen LogP contribution in [0.2, 0.25) is 0 Å². The van der Waals surface area contributed by atoms with Crippen molar-refractivity contribution in [2.24, 2.45) is 0 Å². The fourth-order valence-corrected chi connectivity index (χ4v) is 5.39. The molecular formula is C29H28N8OS. The number of anilines is 2. The molecule has 196 valence electrons. The van der Waals surface area contributed by atoms with Gasteiger partial charge in [-0.25, -0.2) is 4.98 Å². The molecule has 0 saturated heterocycles. The Morgan fingerprint density at radius 2 is 2.08 bits per heavy atom. The zero-order valence-corrected chi connectivity index (χ0v) is 22.7. The van der Waals surface area contributed by atoms with Crippen LogP contribution in [0.25, 0.3) is 21.1 Å². The molecule has 4 N–H and O–H groups in total. The number of hydrogen-bond donors (Lipinski definition) is 4. The third-order valence-electron chi connectivity index (χ3n) is 6.57. The summed E-state index contributed by atoms with van der Waals surface area (Å²) in [7, 11) is 0. The molecule has 0 bridgehead atoms. The second kappa shape index (κ2) is 9.75. The van der Waals surface area contributed by atoms with Crippen LogP contribution in [0.4, 0.5) is 11.4 Å². The zero-order chi connectivity index (χ0) is 27.1. The van der Waals surface area contributed by atoms with E-state index in [0.29, 0.717) is 33.8 Å². The van der Waals surface area contributed by atoms with Gasteiger partial charge >= 0.3 is 0 Å². The Labute approximate surface area is 230 Å². The monoisotopic (exact) mass is 536 g/mol. The first kappa shape index (κ1) is 25.0. The molecule has 1 saturated carbocycles. The lowest BCUT2D eigenvalue weighted by molar-refractivity contribution is 0.0377. The molecule has 10 heteroatoms. The van der Waals surface area contributed by atoms with Crippen molar-refractivity contribution >= 4 is 43.8 Å². The standard InChI is InChI=1S/C29H28N8OS/c1-5-17-14-31-25-18(13-30)11-19(12-22(25)26(17)35-38-29(2,3)4)33-27(24-15-37(36-34-24)20-9-10-20)21-7-6-8-23-28(21)39-16-32-23/h1,6-8,11-12,14-16,20,27,33-34,36H,9-10H2,2-4H3,(H,31,35)/t27-/m0/s1. The van der Waals surface area contributed by atoms with Crippen molar-refractivity contribution in [3.8, 4) is 18.4 Å². The van der Waals surface area contributed by atoms with Crippen LogP contribution in [0.1, 0.15) is 56.3 Å². The summed E-state index contributed by atoms with van der Waals surface area (Å²) in [6.45, 7) is 5.83. The third kappa shape index (κ3) is 4.93. The number of benzene rings is 2. The zero-order valence-electron chi connectivity index (χ0n) is 21.9. The first-order valence-corrected chi connectivity index (χ1v) is 13.6. The van der Waals surface area contributed by atoms with Crippen LogP contribution in [-0.4, -0.2) is 26.6 Å². The van der Waals surface area contributed by atoms with Crippen molar-refractivity contribution in [1.82, 2.24) is 25.9 Å². The Balaban J connectivity index is 1.47. The minimum absolute atomic E-state index is 0.250. The highest BCUT2D eigenvalue weighted by atomic mass is 32.1. The van der Waals surface area contributed by atoms with Crippen molar-refractivity contribution < 1.29 is 4.84 Å². The predicted octanol–water partition coefficient (Wildman–Crippen LogP) is 5.32. The van der Waals surface area contributed by atoms with Crippen molar-refractivity contribution in [2.45, 2.75) is 51.3 Å². The van der Waals surface area contributed by atoms with Gasteiger partial charge in [0.05, 0.1) is 55.4 Å². The number of hydrazine groups is 2. The van der Waals surface area contributed by atoms with E-state index in [2.05, 4.69) is 61.0 Å². The first-order valence-electron chi connectivity index (χ1n) is 12.7. The number of aromatic nitrogens is 2. The van der Waals surface area contributed by atoms with E-state index >= 15 is 0 Å². The number of thiazole rings is 1. The SMILES string of the molecule is C#Cc1cnc2c(C#N)cc(N[C@H](C3=CN(C4CC4)NN3)c3cccc4ncsc34)cc2c1NOC(C)(C)C. The molecule has 2 aliphatic rings. The summed E-state index contributed by atoms with van der Waals surface area (Å²) >= 11 is 1.61. The topological polar surface area (TPSA) is 110 Å². The van der Waals surface area contributed by atoms with E-state index in [9.17, 15) is 5.26 Å². The summed E-state index contributed by atoms with van der Waals surface area (Å²) in [5.41, 5.74) is 16.9.